The highest BCUT2D eigenvalue weighted by atomic mass is 35.5. The van der Waals surface area contributed by atoms with Crippen LogP contribution in [0.1, 0.15) is 32.6 Å². The molecular formula is C21H32ClN3O4. The van der Waals surface area contributed by atoms with Crippen LogP contribution in [-0.2, 0) is 9.59 Å². The fourth-order valence-electron chi connectivity index (χ4n) is 4.14. The van der Waals surface area contributed by atoms with E-state index in [-0.39, 0.29) is 42.6 Å². The number of ether oxygens (including phenoxy) is 2. The quantitative estimate of drug-likeness (QED) is 0.726. The highest BCUT2D eigenvalue weighted by molar-refractivity contribution is 6.00. The number of amides is 2. The zero-order valence-corrected chi connectivity index (χ0v) is 18.3. The third kappa shape index (κ3) is 5.34. The van der Waals surface area contributed by atoms with E-state index in [1.54, 1.807) is 25.2 Å². The van der Waals surface area contributed by atoms with Gasteiger partial charge in [-0.15, -0.1) is 12.4 Å². The lowest BCUT2D eigenvalue weighted by Gasteiger charge is -2.36. The van der Waals surface area contributed by atoms with Gasteiger partial charge in [-0.25, -0.2) is 0 Å². The van der Waals surface area contributed by atoms with Crippen molar-refractivity contribution in [1.29, 1.82) is 0 Å². The summed E-state index contributed by atoms with van der Waals surface area (Å²) in [4.78, 5) is 29.7. The molecule has 0 spiro atoms. The van der Waals surface area contributed by atoms with E-state index in [0.29, 0.717) is 23.7 Å². The lowest BCUT2D eigenvalue weighted by molar-refractivity contribution is -0.138. The first kappa shape index (κ1) is 23.3. The maximum atomic E-state index is 13.3. The molecule has 1 atom stereocenters. The molecule has 2 heterocycles. The molecule has 8 heteroatoms. The Balaban J connectivity index is 0.00000300. The van der Waals surface area contributed by atoms with Crippen LogP contribution in [0.3, 0.4) is 0 Å². The Kier molecular flexibility index (Phi) is 8.59. The molecule has 162 valence electrons. The van der Waals surface area contributed by atoms with E-state index in [9.17, 15) is 9.59 Å². The van der Waals surface area contributed by atoms with E-state index in [0.717, 1.165) is 38.9 Å². The van der Waals surface area contributed by atoms with E-state index < -0.39 is 0 Å². The van der Waals surface area contributed by atoms with E-state index in [2.05, 4.69) is 12.2 Å². The predicted octanol–water partition coefficient (Wildman–Crippen LogP) is 2.47. The maximum Gasteiger partial charge on any atom is 0.228 e. The predicted molar refractivity (Wildman–Crippen MR) is 115 cm³/mol. The number of rotatable bonds is 7. The molecule has 2 aliphatic heterocycles. The van der Waals surface area contributed by atoms with E-state index in [4.69, 9.17) is 9.47 Å². The van der Waals surface area contributed by atoms with Crippen LogP contribution in [0.25, 0.3) is 0 Å². The van der Waals surface area contributed by atoms with E-state index in [1.807, 2.05) is 17.0 Å². The highest BCUT2D eigenvalue weighted by Crippen LogP contribution is 2.33. The average Bonchev–Trinajstić information content (AvgIpc) is 3.13. The number of nitrogens with one attached hydrogen (secondary N) is 1. The number of carbonyl (C=O) groups is 2. The number of benzene rings is 1. The summed E-state index contributed by atoms with van der Waals surface area (Å²) in [6.45, 7) is 5.13. The van der Waals surface area contributed by atoms with Crippen molar-refractivity contribution in [3.8, 4) is 11.5 Å². The van der Waals surface area contributed by atoms with Crippen molar-refractivity contribution in [3.63, 3.8) is 0 Å². The van der Waals surface area contributed by atoms with Crippen LogP contribution in [0.4, 0.5) is 5.69 Å². The van der Waals surface area contributed by atoms with E-state index in [1.165, 1.54) is 0 Å². The lowest BCUT2D eigenvalue weighted by Crippen LogP contribution is -2.48. The number of anilines is 1. The van der Waals surface area contributed by atoms with Crippen LogP contribution in [0, 0.1) is 5.92 Å². The van der Waals surface area contributed by atoms with Gasteiger partial charge in [0, 0.05) is 43.8 Å². The Morgan fingerprint density at radius 2 is 1.79 bits per heavy atom. The van der Waals surface area contributed by atoms with Crippen molar-refractivity contribution < 1.29 is 19.1 Å². The summed E-state index contributed by atoms with van der Waals surface area (Å²) in [6.07, 6.45) is 3.13. The molecule has 2 fully saturated rings. The van der Waals surface area contributed by atoms with Crippen LogP contribution in [0.15, 0.2) is 18.2 Å². The molecule has 0 saturated carbocycles. The Morgan fingerprint density at radius 3 is 2.34 bits per heavy atom. The molecule has 1 N–H and O–H groups in total. The monoisotopic (exact) mass is 425 g/mol. The van der Waals surface area contributed by atoms with Crippen LogP contribution >= 0.6 is 12.4 Å². The normalized spacial score (nSPS) is 19.6. The second-order valence-electron chi connectivity index (χ2n) is 7.49. The van der Waals surface area contributed by atoms with Gasteiger partial charge in [0.15, 0.2) is 0 Å². The topological polar surface area (TPSA) is 71.1 Å². The molecule has 3 rings (SSSR count). The summed E-state index contributed by atoms with van der Waals surface area (Å²) < 4.78 is 10.6. The Bertz CT molecular complexity index is 687. The van der Waals surface area contributed by atoms with Crippen molar-refractivity contribution in [2.24, 2.45) is 5.92 Å². The van der Waals surface area contributed by atoms with Crippen LogP contribution in [-0.4, -0.2) is 63.2 Å². The summed E-state index contributed by atoms with van der Waals surface area (Å²) >= 11 is 0. The minimum Gasteiger partial charge on any atom is -0.497 e. The third-order valence-corrected chi connectivity index (χ3v) is 5.62. The molecule has 1 unspecified atom stereocenters. The summed E-state index contributed by atoms with van der Waals surface area (Å²) in [5.41, 5.74) is 0.709. The molecule has 29 heavy (non-hydrogen) atoms. The fraction of sp³-hybridized carbons (Fsp3) is 0.619. The molecule has 2 aliphatic rings. The van der Waals surface area contributed by atoms with E-state index >= 15 is 0 Å². The number of hydrogen-bond acceptors (Lipinski definition) is 5. The SMILES string of the molecule is CCCN(C(=O)C1CC(=O)N(c2cc(OC)cc(OC)c2)C1)C1CCNCC1.Cl. The maximum absolute atomic E-state index is 13.3. The average molecular weight is 426 g/mol. The van der Waals surface area contributed by atoms with Crippen molar-refractivity contribution >= 4 is 29.9 Å². The molecule has 1 aromatic rings. The fourth-order valence-corrected chi connectivity index (χ4v) is 4.14. The largest absolute Gasteiger partial charge is 0.497 e. The van der Waals surface area contributed by atoms with Crippen LogP contribution in [0.2, 0.25) is 0 Å². The number of methoxy groups -OCH3 is 2. The first-order chi connectivity index (χ1) is 13.6. The van der Waals surface area contributed by atoms with Crippen molar-refractivity contribution in [1.82, 2.24) is 10.2 Å². The highest BCUT2D eigenvalue weighted by Gasteiger charge is 2.39. The Morgan fingerprint density at radius 1 is 1.17 bits per heavy atom. The Labute approximate surface area is 179 Å². The van der Waals surface area contributed by atoms with Crippen molar-refractivity contribution in [2.45, 2.75) is 38.6 Å². The summed E-state index contributed by atoms with van der Waals surface area (Å²) in [5, 5.41) is 3.35. The van der Waals surface area contributed by atoms with Crippen molar-refractivity contribution in [3.05, 3.63) is 18.2 Å². The third-order valence-electron chi connectivity index (χ3n) is 5.62. The molecule has 0 aromatic heterocycles. The van der Waals surface area contributed by atoms with Crippen molar-refractivity contribution in [2.75, 3.05) is 45.3 Å². The first-order valence-electron chi connectivity index (χ1n) is 10.1. The van der Waals surface area contributed by atoms with Gasteiger partial charge in [-0.05, 0) is 32.4 Å². The van der Waals surface area contributed by atoms with Gasteiger partial charge in [0.05, 0.1) is 25.8 Å². The number of nitrogens with zero attached hydrogens (tertiary/aromatic N) is 2. The molecular weight excluding hydrogens is 394 g/mol. The number of halogens is 1. The molecule has 2 saturated heterocycles. The second kappa shape index (κ2) is 10.7. The minimum atomic E-state index is -0.300. The zero-order valence-electron chi connectivity index (χ0n) is 17.5. The molecule has 1 aromatic carbocycles. The van der Waals surface area contributed by atoms with Gasteiger partial charge in [-0.1, -0.05) is 6.92 Å². The molecule has 2 amide bonds. The van der Waals surface area contributed by atoms with Gasteiger partial charge in [0.2, 0.25) is 11.8 Å². The van der Waals surface area contributed by atoms with Gasteiger partial charge >= 0.3 is 0 Å². The Hall–Kier alpha value is -1.99. The standard InChI is InChI=1S/C21H31N3O4.ClH/c1-4-9-23(16-5-7-22-8-6-16)21(26)15-10-20(25)24(14-15)17-11-18(27-2)13-19(12-17)28-3;/h11-13,15-16,22H,4-10,14H2,1-3H3;1H. The van der Waals surface area contributed by atoms with Gasteiger partial charge < -0.3 is 24.6 Å². The summed E-state index contributed by atoms with van der Waals surface area (Å²) in [7, 11) is 3.16. The number of piperidine rings is 1. The smallest absolute Gasteiger partial charge is 0.228 e. The molecule has 0 radical (unpaired) electrons. The molecule has 0 bridgehead atoms. The van der Waals surface area contributed by atoms with Crippen LogP contribution in [0.5, 0.6) is 11.5 Å². The van der Waals surface area contributed by atoms with Gasteiger partial charge in [-0.3, -0.25) is 9.59 Å². The molecule has 7 nitrogen and oxygen atoms in total. The van der Waals surface area contributed by atoms with Gasteiger partial charge in [-0.2, -0.15) is 0 Å². The summed E-state index contributed by atoms with van der Waals surface area (Å²) in [6, 6.07) is 5.66. The first-order valence-corrected chi connectivity index (χ1v) is 10.1. The number of carbonyl (C=O) groups excluding carboxylic acids is 2. The lowest BCUT2D eigenvalue weighted by atomic mass is 10.0. The summed E-state index contributed by atoms with van der Waals surface area (Å²) in [5.74, 6) is 1.03. The second-order valence-corrected chi connectivity index (χ2v) is 7.49. The van der Waals surface area contributed by atoms with Crippen LogP contribution < -0.4 is 19.7 Å². The van der Waals surface area contributed by atoms with Gasteiger partial charge in [0.25, 0.3) is 0 Å². The number of hydrogen-bond donors (Lipinski definition) is 1. The molecule has 0 aliphatic carbocycles. The van der Waals surface area contributed by atoms with Gasteiger partial charge in [0.1, 0.15) is 11.5 Å². The zero-order chi connectivity index (χ0) is 20.1. The minimum absolute atomic E-state index is 0.